The Hall–Kier alpha value is -3.57. The van der Waals surface area contributed by atoms with Gasteiger partial charge in [-0.2, -0.15) is 0 Å². The van der Waals surface area contributed by atoms with Gasteiger partial charge in [0.15, 0.2) is 5.54 Å². The Morgan fingerprint density at radius 1 is 0.872 bits per heavy atom. The Balaban J connectivity index is 1.19. The number of aliphatic imine (C=N–C) groups is 1. The number of hydrogen-bond acceptors (Lipinski definition) is 6. The van der Waals surface area contributed by atoms with Gasteiger partial charge in [0, 0.05) is 38.5 Å². The molecule has 0 aliphatic carbocycles. The monoisotopic (exact) mass is 648 g/mol. The van der Waals surface area contributed by atoms with Gasteiger partial charge < -0.3 is 14.7 Å². The van der Waals surface area contributed by atoms with Crippen LogP contribution in [0.5, 0.6) is 0 Å². The molecule has 3 aliphatic rings. The Morgan fingerprint density at radius 3 is 2.02 bits per heavy atom. The summed E-state index contributed by atoms with van der Waals surface area (Å²) in [5.41, 5.74) is 0.681. The summed E-state index contributed by atoms with van der Waals surface area (Å²) in [5, 5.41) is 11.6. The molecule has 0 saturated carbocycles. The maximum Gasteiger partial charge on any atom is 0.265 e. The average molecular weight is 649 g/mol. The third kappa shape index (κ3) is 7.02. The summed E-state index contributed by atoms with van der Waals surface area (Å²) in [6.07, 6.45) is 2.21. The Bertz CT molecular complexity index is 1480. The van der Waals surface area contributed by atoms with Gasteiger partial charge in [0.05, 0.1) is 13.2 Å². The second-order valence-corrected chi connectivity index (χ2v) is 12.8. The van der Waals surface area contributed by atoms with Crippen LogP contribution in [0.15, 0.2) is 77.8 Å². The van der Waals surface area contributed by atoms with Gasteiger partial charge in [-0.15, -0.1) is 0 Å². The van der Waals surface area contributed by atoms with Crippen molar-refractivity contribution < 1.29 is 27.8 Å². The lowest BCUT2D eigenvalue weighted by atomic mass is 9.79. The number of halogens is 3. The van der Waals surface area contributed by atoms with E-state index in [1.54, 1.807) is 29.2 Å². The van der Waals surface area contributed by atoms with E-state index in [1.807, 2.05) is 19.1 Å². The second-order valence-electron chi connectivity index (χ2n) is 12.8. The molecule has 3 aliphatic heterocycles. The van der Waals surface area contributed by atoms with Crippen LogP contribution in [0, 0.1) is 23.4 Å². The van der Waals surface area contributed by atoms with Crippen LogP contribution in [0.4, 0.5) is 13.2 Å². The quantitative estimate of drug-likeness (QED) is 0.296. The molecule has 0 spiro atoms. The number of hydrogen-bond donors (Lipinski definition) is 1. The molecule has 1 amide bonds. The summed E-state index contributed by atoms with van der Waals surface area (Å²) >= 11 is 0. The molecule has 10 heteroatoms. The van der Waals surface area contributed by atoms with Crippen LogP contribution in [-0.2, 0) is 15.1 Å². The second kappa shape index (κ2) is 14.7. The summed E-state index contributed by atoms with van der Waals surface area (Å²) in [6.45, 7) is 7.15. The predicted molar refractivity (Wildman–Crippen MR) is 174 cm³/mol. The number of amides is 1. The molecule has 0 bridgehead atoms. The topological polar surface area (TPSA) is 68.6 Å². The summed E-state index contributed by atoms with van der Waals surface area (Å²) in [7, 11) is 0. The Morgan fingerprint density at radius 2 is 1.45 bits per heavy atom. The summed E-state index contributed by atoms with van der Waals surface area (Å²) < 4.78 is 47.2. The van der Waals surface area contributed by atoms with E-state index >= 15 is 0 Å². The van der Waals surface area contributed by atoms with Gasteiger partial charge in [-0.3, -0.25) is 14.6 Å². The highest BCUT2D eigenvalue weighted by atomic mass is 19.1. The number of aliphatic hydroxyl groups excluding tert-OH is 1. The Labute approximate surface area is 274 Å². The zero-order valence-electron chi connectivity index (χ0n) is 26.8. The van der Waals surface area contributed by atoms with Crippen molar-refractivity contribution in [3.8, 4) is 0 Å². The number of likely N-dealkylation sites (tertiary alicyclic amines) is 1. The summed E-state index contributed by atoms with van der Waals surface area (Å²) in [5.74, 6) is -0.660. The first kappa shape index (κ1) is 33.3. The zero-order chi connectivity index (χ0) is 33.0. The highest BCUT2D eigenvalue weighted by molar-refractivity contribution is 6.10. The Kier molecular flexibility index (Phi) is 10.4. The van der Waals surface area contributed by atoms with Gasteiger partial charge in [-0.25, -0.2) is 18.2 Å². The number of carbonyl (C=O) groups excluding carboxylic acids is 1. The lowest BCUT2D eigenvalue weighted by molar-refractivity contribution is -0.130. The number of amidine groups is 1. The molecule has 3 aromatic rings. The van der Waals surface area contributed by atoms with E-state index in [0.29, 0.717) is 75.7 Å². The van der Waals surface area contributed by atoms with Crippen LogP contribution in [0.25, 0.3) is 0 Å². The van der Waals surface area contributed by atoms with Crippen LogP contribution in [0.3, 0.4) is 0 Å². The molecule has 6 rings (SSSR count). The van der Waals surface area contributed by atoms with Crippen molar-refractivity contribution in [3.05, 3.63) is 107 Å². The maximum absolute atomic E-state index is 14.4. The van der Waals surface area contributed by atoms with Crippen molar-refractivity contribution in [3.63, 3.8) is 0 Å². The fourth-order valence-electron chi connectivity index (χ4n) is 7.43. The molecular formula is C37H43F3N4O3. The molecule has 0 aromatic heterocycles. The molecule has 1 N–H and O–H groups in total. The fraction of sp³-hybridized carbons (Fsp3) is 0.459. The van der Waals surface area contributed by atoms with Gasteiger partial charge in [-0.05, 0) is 91.4 Å². The van der Waals surface area contributed by atoms with E-state index in [0.717, 1.165) is 24.9 Å². The van der Waals surface area contributed by atoms with E-state index in [1.165, 1.54) is 36.4 Å². The molecule has 3 unspecified atom stereocenters. The first-order chi connectivity index (χ1) is 22.8. The molecule has 3 atom stereocenters. The lowest BCUT2D eigenvalue weighted by Crippen LogP contribution is -2.53. The normalized spacial score (nSPS) is 22.8. The van der Waals surface area contributed by atoms with Crippen LogP contribution in [-0.4, -0.2) is 90.3 Å². The van der Waals surface area contributed by atoms with Crippen molar-refractivity contribution in [1.29, 1.82) is 0 Å². The van der Waals surface area contributed by atoms with Crippen LogP contribution in [0.1, 0.15) is 55.2 Å². The van der Waals surface area contributed by atoms with Crippen molar-refractivity contribution in [1.82, 2.24) is 14.7 Å². The van der Waals surface area contributed by atoms with E-state index < -0.39 is 23.4 Å². The smallest absolute Gasteiger partial charge is 0.265 e. The number of carbonyl (C=O) groups is 1. The minimum Gasteiger partial charge on any atom is -0.379 e. The third-order valence-electron chi connectivity index (χ3n) is 9.86. The van der Waals surface area contributed by atoms with Gasteiger partial charge in [0.2, 0.25) is 0 Å². The van der Waals surface area contributed by atoms with E-state index in [-0.39, 0.29) is 23.6 Å². The minimum atomic E-state index is -1.42. The lowest BCUT2D eigenvalue weighted by Gasteiger charge is -2.45. The first-order valence-corrected chi connectivity index (χ1v) is 16.7. The molecule has 3 heterocycles. The third-order valence-corrected chi connectivity index (χ3v) is 9.86. The first-order valence-electron chi connectivity index (χ1n) is 16.7. The number of piperidine rings is 1. The van der Waals surface area contributed by atoms with E-state index in [4.69, 9.17) is 9.73 Å². The SMILES string of the molecule is CCCC1=NC(c2ccc(F)cc2)(c2ccc(F)cc2)C(=O)N1CCCN1CCC(c2ccc(F)cc2)C(C(O)N2CCOCC2)C1. The standard InChI is InChI=1S/C37H43F3N4O3/c1-2-4-34-41-37(27-7-13-30(39)14-8-27,28-9-15-31(40)16-10-28)36(46)44(34)19-3-18-42-20-17-32(26-5-11-29(38)12-6-26)33(25-42)35(45)43-21-23-47-24-22-43/h5-16,32-33,35,45H,2-4,17-25H2,1H3. The van der Waals surface area contributed by atoms with Crippen molar-refractivity contribution in [2.45, 2.75) is 50.3 Å². The maximum atomic E-state index is 14.4. The highest BCUT2D eigenvalue weighted by Crippen LogP contribution is 2.41. The van der Waals surface area contributed by atoms with Gasteiger partial charge in [0.25, 0.3) is 5.91 Å². The minimum absolute atomic E-state index is 0.0810. The number of aliphatic hydroxyl groups is 1. The summed E-state index contributed by atoms with van der Waals surface area (Å²) in [4.78, 5) is 25.6. The number of morpholine rings is 1. The zero-order valence-corrected chi connectivity index (χ0v) is 26.8. The van der Waals surface area contributed by atoms with Gasteiger partial charge in [-0.1, -0.05) is 43.3 Å². The molecular weight excluding hydrogens is 605 g/mol. The summed E-state index contributed by atoms with van der Waals surface area (Å²) in [6, 6.07) is 18.2. The molecule has 7 nitrogen and oxygen atoms in total. The fourth-order valence-corrected chi connectivity index (χ4v) is 7.43. The van der Waals surface area contributed by atoms with E-state index in [9.17, 15) is 23.1 Å². The van der Waals surface area contributed by atoms with E-state index in [2.05, 4.69) is 9.80 Å². The van der Waals surface area contributed by atoms with Crippen LogP contribution >= 0.6 is 0 Å². The predicted octanol–water partition coefficient (Wildman–Crippen LogP) is 5.53. The molecule has 3 aromatic carbocycles. The molecule has 0 radical (unpaired) electrons. The van der Waals surface area contributed by atoms with Crippen LogP contribution < -0.4 is 0 Å². The average Bonchev–Trinajstić information content (AvgIpc) is 3.37. The molecule has 2 fully saturated rings. The van der Waals surface area contributed by atoms with Crippen molar-refractivity contribution >= 4 is 11.7 Å². The number of nitrogens with zero attached hydrogens (tertiary/aromatic N) is 4. The number of benzene rings is 3. The van der Waals surface area contributed by atoms with Gasteiger partial charge in [0.1, 0.15) is 29.5 Å². The largest absolute Gasteiger partial charge is 0.379 e. The van der Waals surface area contributed by atoms with Crippen LogP contribution in [0.2, 0.25) is 0 Å². The molecule has 2 saturated heterocycles. The van der Waals surface area contributed by atoms with Crippen molar-refractivity contribution in [2.75, 3.05) is 52.5 Å². The molecule has 47 heavy (non-hydrogen) atoms. The number of rotatable bonds is 11. The van der Waals surface area contributed by atoms with Crippen molar-refractivity contribution in [2.24, 2.45) is 10.9 Å². The van der Waals surface area contributed by atoms with Gasteiger partial charge >= 0.3 is 0 Å². The highest BCUT2D eigenvalue weighted by Gasteiger charge is 2.50. The number of ether oxygens (including phenoxy) is 1. The molecule has 250 valence electrons.